The van der Waals surface area contributed by atoms with Gasteiger partial charge in [0.05, 0.1) is 5.52 Å². The molecule has 1 aromatic carbocycles. The van der Waals surface area contributed by atoms with Crippen LogP contribution in [0.3, 0.4) is 0 Å². The first kappa shape index (κ1) is 8.56. The predicted octanol–water partition coefficient (Wildman–Crippen LogP) is 3.36. The molecule has 2 heterocycles. The molecular weight excluding hydrogens is 204 g/mol. The molecule has 0 aliphatic heterocycles. The maximum absolute atomic E-state index is 4.33. The highest BCUT2D eigenvalue weighted by atomic mass is 32.1. The van der Waals surface area contributed by atoms with E-state index in [9.17, 15) is 0 Å². The van der Waals surface area contributed by atoms with Crippen molar-refractivity contribution >= 4 is 22.2 Å². The Kier molecular flexibility index (Phi) is 1.96. The molecule has 0 spiro atoms. The summed E-state index contributed by atoms with van der Waals surface area (Å²) >= 11 is 1.73. The Bertz CT molecular complexity index is 582. The van der Waals surface area contributed by atoms with Gasteiger partial charge in [-0.1, -0.05) is 24.3 Å². The van der Waals surface area contributed by atoms with Gasteiger partial charge in [0.1, 0.15) is 6.33 Å². The van der Waals surface area contributed by atoms with Crippen LogP contribution in [0.1, 0.15) is 0 Å². The van der Waals surface area contributed by atoms with Crippen molar-refractivity contribution in [3.8, 4) is 10.4 Å². The van der Waals surface area contributed by atoms with Crippen LogP contribution in [0.2, 0.25) is 0 Å². The number of nitrogens with zero attached hydrogens (tertiary/aromatic N) is 2. The Balaban J connectivity index is 2.36. The summed E-state index contributed by atoms with van der Waals surface area (Å²) in [4.78, 5) is 9.61. The minimum Gasteiger partial charge on any atom is -0.244 e. The molecule has 0 radical (unpaired) electrons. The van der Waals surface area contributed by atoms with Gasteiger partial charge >= 0.3 is 0 Å². The Morgan fingerprint density at radius 1 is 1.07 bits per heavy atom. The predicted molar refractivity (Wildman–Crippen MR) is 62.9 cm³/mol. The standard InChI is InChI=1S/C12H8N2S/c1-3-9-7-13-8-14-12(9)10(4-1)11-5-2-6-15-11/h1-8H. The van der Waals surface area contributed by atoms with Crippen LogP contribution >= 0.6 is 11.3 Å². The van der Waals surface area contributed by atoms with E-state index in [0.717, 1.165) is 10.9 Å². The lowest BCUT2D eigenvalue weighted by Crippen LogP contribution is -1.83. The van der Waals surface area contributed by atoms with Gasteiger partial charge in [0.2, 0.25) is 0 Å². The molecule has 3 rings (SSSR count). The summed E-state index contributed by atoms with van der Waals surface area (Å²) in [6, 6.07) is 10.3. The van der Waals surface area contributed by atoms with Crippen molar-refractivity contribution in [3.05, 3.63) is 48.2 Å². The molecular formula is C12H8N2S. The summed E-state index contributed by atoms with van der Waals surface area (Å²) in [5.74, 6) is 0. The number of benzene rings is 1. The van der Waals surface area contributed by atoms with Crippen LogP contribution in [0.15, 0.2) is 48.2 Å². The van der Waals surface area contributed by atoms with Crippen molar-refractivity contribution in [3.63, 3.8) is 0 Å². The van der Waals surface area contributed by atoms with E-state index < -0.39 is 0 Å². The van der Waals surface area contributed by atoms with Gasteiger partial charge in [0, 0.05) is 22.0 Å². The lowest BCUT2D eigenvalue weighted by Gasteiger charge is -2.01. The zero-order valence-corrected chi connectivity index (χ0v) is 8.74. The Labute approximate surface area is 91.2 Å². The molecule has 72 valence electrons. The molecule has 0 saturated carbocycles. The van der Waals surface area contributed by atoms with Crippen LogP contribution in [-0.2, 0) is 0 Å². The molecule has 0 fully saturated rings. The highest BCUT2D eigenvalue weighted by Gasteiger charge is 2.04. The van der Waals surface area contributed by atoms with Crippen LogP contribution < -0.4 is 0 Å². The average molecular weight is 212 g/mol. The summed E-state index contributed by atoms with van der Waals surface area (Å²) in [6.45, 7) is 0. The lowest BCUT2D eigenvalue weighted by molar-refractivity contribution is 1.22. The zero-order chi connectivity index (χ0) is 10.1. The minimum absolute atomic E-state index is 1.02. The molecule has 0 bridgehead atoms. The van der Waals surface area contributed by atoms with Crippen molar-refractivity contribution in [2.45, 2.75) is 0 Å². The molecule has 0 saturated heterocycles. The van der Waals surface area contributed by atoms with Crippen LogP contribution in [0.4, 0.5) is 0 Å². The van der Waals surface area contributed by atoms with Crippen LogP contribution in [-0.4, -0.2) is 9.97 Å². The molecule has 0 aliphatic carbocycles. The average Bonchev–Trinajstić information content (AvgIpc) is 2.82. The first-order valence-electron chi connectivity index (χ1n) is 4.68. The van der Waals surface area contributed by atoms with Crippen LogP contribution in [0.5, 0.6) is 0 Å². The SMILES string of the molecule is c1csc(-c2cccc3cncnc23)c1. The summed E-state index contributed by atoms with van der Waals surface area (Å²) in [6.07, 6.45) is 3.44. The Morgan fingerprint density at radius 3 is 2.93 bits per heavy atom. The van der Waals surface area contributed by atoms with Crippen molar-refractivity contribution < 1.29 is 0 Å². The molecule has 0 N–H and O–H groups in total. The molecule has 0 amide bonds. The first-order valence-corrected chi connectivity index (χ1v) is 5.56. The zero-order valence-electron chi connectivity index (χ0n) is 7.92. The summed E-state index contributed by atoms with van der Waals surface area (Å²) in [5, 5.41) is 3.17. The number of hydrogen-bond acceptors (Lipinski definition) is 3. The van der Waals surface area contributed by atoms with E-state index in [4.69, 9.17) is 0 Å². The van der Waals surface area contributed by atoms with E-state index >= 15 is 0 Å². The fourth-order valence-corrected chi connectivity index (χ4v) is 2.40. The van der Waals surface area contributed by atoms with E-state index in [-0.39, 0.29) is 0 Å². The van der Waals surface area contributed by atoms with Crippen molar-refractivity contribution in [2.75, 3.05) is 0 Å². The van der Waals surface area contributed by atoms with Gasteiger partial charge in [-0.15, -0.1) is 11.3 Å². The molecule has 2 nitrogen and oxygen atoms in total. The van der Waals surface area contributed by atoms with Gasteiger partial charge in [-0.25, -0.2) is 9.97 Å². The number of hydrogen-bond donors (Lipinski definition) is 0. The second-order valence-electron chi connectivity index (χ2n) is 3.24. The quantitative estimate of drug-likeness (QED) is 0.618. The third-order valence-corrected chi connectivity index (χ3v) is 3.22. The van der Waals surface area contributed by atoms with Crippen molar-refractivity contribution in [1.82, 2.24) is 9.97 Å². The topological polar surface area (TPSA) is 25.8 Å². The number of rotatable bonds is 1. The third-order valence-electron chi connectivity index (χ3n) is 2.32. The lowest BCUT2D eigenvalue weighted by atomic mass is 10.1. The number of fused-ring (bicyclic) bond motifs is 1. The van der Waals surface area contributed by atoms with Gasteiger partial charge in [-0.05, 0) is 11.4 Å². The summed E-state index contributed by atoms with van der Waals surface area (Å²) < 4.78 is 0. The monoisotopic (exact) mass is 212 g/mol. The van der Waals surface area contributed by atoms with E-state index in [2.05, 4.69) is 33.5 Å². The van der Waals surface area contributed by atoms with Crippen LogP contribution in [0.25, 0.3) is 21.3 Å². The maximum atomic E-state index is 4.33. The van der Waals surface area contributed by atoms with E-state index in [1.165, 1.54) is 10.4 Å². The van der Waals surface area contributed by atoms with Gasteiger partial charge in [-0.3, -0.25) is 0 Å². The maximum Gasteiger partial charge on any atom is 0.116 e. The molecule has 3 aromatic rings. The smallest absolute Gasteiger partial charge is 0.116 e. The molecule has 0 atom stereocenters. The fraction of sp³-hybridized carbons (Fsp3) is 0. The van der Waals surface area contributed by atoms with Gasteiger partial charge < -0.3 is 0 Å². The highest BCUT2D eigenvalue weighted by molar-refractivity contribution is 7.13. The second kappa shape index (κ2) is 3.44. The normalized spacial score (nSPS) is 10.7. The number of para-hydroxylation sites is 1. The summed E-state index contributed by atoms with van der Waals surface area (Å²) in [5.41, 5.74) is 2.21. The van der Waals surface area contributed by atoms with Crippen molar-refractivity contribution in [2.24, 2.45) is 0 Å². The molecule has 0 aliphatic rings. The van der Waals surface area contributed by atoms with Gasteiger partial charge in [0.15, 0.2) is 0 Å². The number of aromatic nitrogens is 2. The fourth-order valence-electron chi connectivity index (χ4n) is 1.64. The van der Waals surface area contributed by atoms with Crippen molar-refractivity contribution in [1.29, 1.82) is 0 Å². The van der Waals surface area contributed by atoms with Crippen LogP contribution in [0, 0.1) is 0 Å². The third kappa shape index (κ3) is 1.41. The Hall–Kier alpha value is -1.74. The van der Waals surface area contributed by atoms with E-state index in [1.54, 1.807) is 17.7 Å². The molecule has 0 unspecified atom stereocenters. The summed E-state index contributed by atoms with van der Waals surface area (Å²) in [7, 11) is 0. The van der Waals surface area contributed by atoms with E-state index in [1.807, 2.05) is 18.3 Å². The van der Waals surface area contributed by atoms with E-state index in [0.29, 0.717) is 0 Å². The highest BCUT2D eigenvalue weighted by Crippen LogP contribution is 2.29. The van der Waals surface area contributed by atoms with Gasteiger partial charge in [0.25, 0.3) is 0 Å². The first-order chi connectivity index (χ1) is 7.45. The second-order valence-corrected chi connectivity index (χ2v) is 4.19. The number of thiophene rings is 1. The molecule has 2 aromatic heterocycles. The molecule has 15 heavy (non-hydrogen) atoms. The Morgan fingerprint density at radius 2 is 2.07 bits per heavy atom. The van der Waals surface area contributed by atoms with Gasteiger partial charge in [-0.2, -0.15) is 0 Å². The molecule has 3 heteroatoms. The minimum atomic E-state index is 1.02. The largest absolute Gasteiger partial charge is 0.244 e.